The maximum Gasteiger partial charge on any atom is 0.242 e. The molecule has 0 aliphatic heterocycles. The molecule has 0 heterocycles. The highest BCUT2D eigenvalue weighted by Crippen LogP contribution is 2.34. The summed E-state index contributed by atoms with van der Waals surface area (Å²) in [5.41, 5.74) is 0.937. The van der Waals surface area contributed by atoms with Gasteiger partial charge in [-0.3, -0.25) is 9.59 Å². The molecule has 1 fully saturated rings. The van der Waals surface area contributed by atoms with Gasteiger partial charge in [0.05, 0.1) is 12.6 Å². The number of nitrogens with zero attached hydrogens (tertiary/aromatic N) is 1. The van der Waals surface area contributed by atoms with E-state index in [0.717, 1.165) is 36.8 Å². The SMILES string of the molecule is C#C.C=C(CC1CC1)NCC(=O)N(CC)[C@@H](CCC)C(C)=O.CC.CC(C)C. The van der Waals surface area contributed by atoms with Crippen molar-refractivity contribution in [2.45, 2.75) is 93.5 Å². The van der Waals surface area contributed by atoms with Gasteiger partial charge in [0.2, 0.25) is 5.91 Å². The van der Waals surface area contributed by atoms with Crippen LogP contribution in [0.4, 0.5) is 0 Å². The second-order valence-corrected chi connectivity index (χ2v) is 7.43. The summed E-state index contributed by atoms with van der Waals surface area (Å²) in [7, 11) is 0. The van der Waals surface area contributed by atoms with E-state index in [2.05, 4.69) is 45.5 Å². The third kappa shape index (κ3) is 17.6. The van der Waals surface area contributed by atoms with Crippen LogP contribution in [-0.4, -0.2) is 35.7 Å². The Bertz CT molecular complexity index is 434. The normalized spacial score (nSPS) is 12.7. The highest BCUT2D eigenvalue weighted by atomic mass is 16.2. The largest absolute Gasteiger partial charge is 0.380 e. The molecule has 1 N–H and O–H groups in total. The van der Waals surface area contributed by atoms with Crippen LogP contribution in [0, 0.1) is 24.7 Å². The van der Waals surface area contributed by atoms with Crippen molar-refractivity contribution in [2.75, 3.05) is 13.1 Å². The molecule has 0 bridgehead atoms. The fraction of sp³-hybridized carbons (Fsp3) is 0.750. The first-order valence-electron chi connectivity index (χ1n) is 10.8. The summed E-state index contributed by atoms with van der Waals surface area (Å²) < 4.78 is 0. The van der Waals surface area contributed by atoms with Gasteiger partial charge in [0.25, 0.3) is 0 Å². The summed E-state index contributed by atoms with van der Waals surface area (Å²) >= 11 is 0. The monoisotopic (exact) mass is 394 g/mol. The molecule has 1 aliphatic rings. The van der Waals surface area contributed by atoms with Crippen molar-refractivity contribution in [3.63, 3.8) is 0 Å². The number of ketones is 1. The maximum absolute atomic E-state index is 12.3. The molecular weight excluding hydrogens is 348 g/mol. The second-order valence-electron chi connectivity index (χ2n) is 7.43. The topological polar surface area (TPSA) is 49.4 Å². The zero-order chi connectivity index (χ0) is 22.7. The van der Waals surface area contributed by atoms with Crippen molar-refractivity contribution >= 4 is 11.7 Å². The number of amides is 1. The molecule has 0 saturated heterocycles. The van der Waals surface area contributed by atoms with E-state index in [9.17, 15) is 9.59 Å². The Hall–Kier alpha value is -1.76. The van der Waals surface area contributed by atoms with Crippen LogP contribution in [0.1, 0.15) is 87.5 Å². The van der Waals surface area contributed by atoms with E-state index in [-0.39, 0.29) is 24.3 Å². The van der Waals surface area contributed by atoms with E-state index in [1.165, 1.54) is 12.8 Å². The van der Waals surface area contributed by atoms with Gasteiger partial charge >= 0.3 is 0 Å². The van der Waals surface area contributed by atoms with E-state index in [0.29, 0.717) is 6.54 Å². The van der Waals surface area contributed by atoms with Crippen LogP contribution >= 0.6 is 0 Å². The third-order valence-corrected chi connectivity index (χ3v) is 3.79. The van der Waals surface area contributed by atoms with Crippen molar-refractivity contribution in [3.05, 3.63) is 12.3 Å². The van der Waals surface area contributed by atoms with Crippen LogP contribution < -0.4 is 5.32 Å². The lowest BCUT2D eigenvalue weighted by Crippen LogP contribution is -2.47. The van der Waals surface area contributed by atoms with Gasteiger partial charge < -0.3 is 10.2 Å². The van der Waals surface area contributed by atoms with Gasteiger partial charge in [-0.15, -0.1) is 12.8 Å². The minimum absolute atomic E-state index is 0.0157. The Morgan fingerprint density at radius 1 is 1.14 bits per heavy atom. The number of hydrogen-bond acceptors (Lipinski definition) is 3. The van der Waals surface area contributed by atoms with Crippen LogP contribution in [0.5, 0.6) is 0 Å². The number of carbonyl (C=O) groups excluding carboxylic acids is 2. The number of rotatable bonds is 10. The van der Waals surface area contributed by atoms with Crippen LogP contribution in [-0.2, 0) is 9.59 Å². The predicted octanol–water partition coefficient (Wildman–Crippen LogP) is 5.43. The summed E-state index contributed by atoms with van der Waals surface area (Å²) in [5.74, 6) is 1.65. The van der Waals surface area contributed by atoms with Crippen molar-refractivity contribution in [2.24, 2.45) is 11.8 Å². The van der Waals surface area contributed by atoms with Crippen LogP contribution in [0.15, 0.2) is 12.3 Å². The molecule has 0 aromatic heterocycles. The lowest BCUT2D eigenvalue weighted by atomic mass is 10.1. The van der Waals surface area contributed by atoms with Crippen LogP contribution in [0.2, 0.25) is 0 Å². The van der Waals surface area contributed by atoms with Gasteiger partial charge in [-0.05, 0) is 51.4 Å². The third-order valence-electron chi connectivity index (χ3n) is 3.79. The number of terminal acetylenes is 1. The average molecular weight is 395 g/mol. The zero-order valence-corrected chi connectivity index (χ0v) is 19.8. The summed E-state index contributed by atoms with van der Waals surface area (Å²) in [6, 6.07) is -0.281. The Labute approximate surface area is 175 Å². The number of hydrogen-bond donors (Lipinski definition) is 1. The van der Waals surface area contributed by atoms with Gasteiger partial charge in [0, 0.05) is 12.2 Å². The molecule has 0 aromatic carbocycles. The minimum Gasteiger partial charge on any atom is -0.380 e. The van der Waals surface area contributed by atoms with Gasteiger partial charge in [0.15, 0.2) is 5.78 Å². The molecule has 1 saturated carbocycles. The Morgan fingerprint density at radius 3 is 1.93 bits per heavy atom. The molecule has 0 radical (unpaired) electrons. The first kappa shape index (κ1) is 31.0. The van der Waals surface area contributed by atoms with E-state index in [1.54, 1.807) is 11.8 Å². The Kier molecular flexibility index (Phi) is 22.1. The predicted molar refractivity (Wildman–Crippen MR) is 123 cm³/mol. The van der Waals surface area contributed by atoms with Gasteiger partial charge in [-0.2, -0.15) is 0 Å². The number of likely N-dealkylation sites (N-methyl/N-ethyl adjacent to an activating group) is 1. The molecule has 0 aromatic rings. The average Bonchev–Trinajstić information content (AvgIpc) is 3.46. The molecule has 1 rings (SSSR count). The molecule has 4 nitrogen and oxygen atoms in total. The number of nitrogens with one attached hydrogen (secondary N) is 1. The molecule has 4 heteroatoms. The van der Waals surface area contributed by atoms with E-state index >= 15 is 0 Å². The molecule has 28 heavy (non-hydrogen) atoms. The van der Waals surface area contributed by atoms with Crippen molar-refractivity contribution in [3.8, 4) is 12.8 Å². The summed E-state index contributed by atoms with van der Waals surface area (Å²) in [6.45, 7) is 20.8. The molecular formula is C24H46N2O2. The summed E-state index contributed by atoms with van der Waals surface area (Å²) in [4.78, 5) is 25.7. The quantitative estimate of drug-likeness (QED) is 0.502. The van der Waals surface area contributed by atoms with Crippen LogP contribution in [0.3, 0.4) is 0 Å². The summed E-state index contributed by atoms with van der Waals surface area (Å²) in [6.07, 6.45) is 13.1. The molecule has 0 unspecified atom stereocenters. The minimum atomic E-state index is -0.281. The molecule has 1 aliphatic carbocycles. The van der Waals surface area contributed by atoms with Gasteiger partial charge in [-0.1, -0.05) is 54.5 Å². The molecule has 1 amide bonds. The van der Waals surface area contributed by atoms with Gasteiger partial charge in [0.1, 0.15) is 0 Å². The fourth-order valence-electron chi connectivity index (χ4n) is 2.47. The first-order chi connectivity index (χ1) is 13.2. The molecule has 164 valence electrons. The van der Waals surface area contributed by atoms with Gasteiger partial charge in [-0.25, -0.2) is 0 Å². The maximum atomic E-state index is 12.3. The second kappa shape index (κ2) is 20.0. The lowest BCUT2D eigenvalue weighted by Gasteiger charge is -2.29. The van der Waals surface area contributed by atoms with Crippen LogP contribution in [0.25, 0.3) is 0 Å². The van der Waals surface area contributed by atoms with E-state index in [1.807, 2.05) is 27.7 Å². The highest BCUT2D eigenvalue weighted by molar-refractivity contribution is 5.88. The standard InChI is InChI=1S/C16H28N2O2.C4H10.C2H6.C2H2/c1-5-7-15(13(4)19)18(6-2)16(20)11-17-12(3)10-14-8-9-14;1-4(2)3;2*1-2/h14-15,17H,3,5-11H2,1-2,4H3;4H,1-3H3;1-2H3;1-2H/t15-;;;/m0.../s1. The number of carbonyl (C=O) groups is 2. The van der Waals surface area contributed by atoms with Crippen molar-refractivity contribution in [1.29, 1.82) is 0 Å². The van der Waals surface area contributed by atoms with Crippen molar-refractivity contribution in [1.82, 2.24) is 10.2 Å². The fourth-order valence-corrected chi connectivity index (χ4v) is 2.47. The summed E-state index contributed by atoms with van der Waals surface area (Å²) in [5, 5.41) is 3.11. The van der Waals surface area contributed by atoms with E-state index in [4.69, 9.17) is 0 Å². The lowest BCUT2D eigenvalue weighted by molar-refractivity contribution is -0.138. The zero-order valence-electron chi connectivity index (χ0n) is 19.8. The number of allylic oxidation sites excluding steroid dienone is 1. The molecule has 1 atom stereocenters. The van der Waals surface area contributed by atoms with Crippen molar-refractivity contribution < 1.29 is 9.59 Å². The Balaban J connectivity index is -0.000000675. The van der Waals surface area contributed by atoms with E-state index < -0.39 is 0 Å². The molecule has 0 spiro atoms. The highest BCUT2D eigenvalue weighted by Gasteiger charge is 2.26. The number of Topliss-reactive ketones (excluding diaryl/α,β-unsaturated/α-hetero) is 1. The first-order valence-corrected chi connectivity index (χ1v) is 10.8. The smallest absolute Gasteiger partial charge is 0.242 e. The Morgan fingerprint density at radius 2 is 1.61 bits per heavy atom.